The van der Waals surface area contributed by atoms with Gasteiger partial charge in [0.15, 0.2) is 0 Å². The van der Waals surface area contributed by atoms with E-state index in [1.54, 1.807) is 6.07 Å². The molecule has 4 rings (SSSR count). The fraction of sp³-hybridized carbons (Fsp3) is 0.261. The van der Waals surface area contributed by atoms with Crippen molar-refractivity contribution < 1.29 is 18.0 Å². The Morgan fingerprint density at radius 1 is 0.938 bits per heavy atom. The summed E-state index contributed by atoms with van der Waals surface area (Å²) in [5, 5.41) is 2.63. The number of benzene rings is 2. The van der Waals surface area contributed by atoms with Crippen LogP contribution in [0, 0.1) is 0 Å². The van der Waals surface area contributed by atoms with E-state index in [2.05, 4.69) is 37.2 Å². The molecule has 0 radical (unpaired) electrons. The molecule has 1 fully saturated rings. The van der Waals surface area contributed by atoms with Crippen LogP contribution >= 0.6 is 0 Å². The van der Waals surface area contributed by atoms with Gasteiger partial charge in [-0.25, -0.2) is 9.97 Å². The highest BCUT2D eigenvalue weighted by molar-refractivity contribution is 6.03. The lowest BCUT2D eigenvalue weighted by atomic mass is 10.1. The van der Waals surface area contributed by atoms with Gasteiger partial charge in [0.1, 0.15) is 18.0 Å². The van der Waals surface area contributed by atoms with E-state index in [0.29, 0.717) is 11.6 Å². The van der Waals surface area contributed by atoms with Gasteiger partial charge in [-0.1, -0.05) is 30.3 Å². The number of carbonyl (C=O) groups excluding carboxylic acids is 1. The number of alkyl halides is 3. The van der Waals surface area contributed by atoms with Crippen molar-refractivity contribution in [2.45, 2.75) is 12.7 Å². The highest BCUT2D eigenvalue weighted by atomic mass is 19.4. The average Bonchev–Trinajstić information content (AvgIpc) is 2.80. The summed E-state index contributed by atoms with van der Waals surface area (Å²) in [6.07, 6.45) is -3.07. The largest absolute Gasteiger partial charge is 0.416 e. The van der Waals surface area contributed by atoms with Crippen LogP contribution in [0.1, 0.15) is 21.5 Å². The van der Waals surface area contributed by atoms with Crippen LogP contribution in [0.2, 0.25) is 0 Å². The molecule has 1 amide bonds. The summed E-state index contributed by atoms with van der Waals surface area (Å²) in [6, 6.07) is 16.0. The second-order valence-corrected chi connectivity index (χ2v) is 7.54. The van der Waals surface area contributed by atoms with Crippen LogP contribution in [-0.2, 0) is 12.7 Å². The van der Waals surface area contributed by atoms with Crippen molar-refractivity contribution in [3.63, 3.8) is 0 Å². The molecular formula is C23H22F3N5O. The first kappa shape index (κ1) is 21.8. The Bertz CT molecular complexity index is 1050. The first-order chi connectivity index (χ1) is 15.4. The third-order valence-corrected chi connectivity index (χ3v) is 5.31. The number of piperazine rings is 1. The van der Waals surface area contributed by atoms with Crippen molar-refractivity contribution in [3.8, 4) is 0 Å². The van der Waals surface area contributed by atoms with E-state index in [4.69, 9.17) is 0 Å². The van der Waals surface area contributed by atoms with Crippen molar-refractivity contribution >= 4 is 17.5 Å². The number of amides is 1. The van der Waals surface area contributed by atoms with Crippen molar-refractivity contribution in [3.05, 3.63) is 83.7 Å². The monoisotopic (exact) mass is 441 g/mol. The maximum atomic E-state index is 12.7. The first-order valence-electron chi connectivity index (χ1n) is 10.2. The van der Waals surface area contributed by atoms with E-state index in [0.717, 1.165) is 57.0 Å². The molecule has 1 saturated heterocycles. The van der Waals surface area contributed by atoms with Gasteiger partial charge < -0.3 is 10.2 Å². The molecule has 3 aromatic rings. The summed E-state index contributed by atoms with van der Waals surface area (Å²) >= 11 is 0. The third-order valence-electron chi connectivity index (χ3n) is 5.31. The van der Waals surface area contributed by atoms with Gasteiger partial charge in [0.25, 0.3) is 5.91 Å². The lowest BCUT2D eigenvalue weighted by molar-refractivity contribution is -0.137. The Kier molecular flexibility index (Phi) is 6.36. The van der Waals surface area contributed by atoms with Crippen LogP contribution in [0.25, 0.3) is 0 Å². The van der Waals surface area contributed by atoms with Crippen LogP contribution in [0.4, 0.5) is 24.8 Å². The minimum absolute atomic E-state index is 0.118. The lowest BCUT2D eigenvalue weighted by Gasteiger charge is -2.35. The minimum atomic E-state index is -4.44. The zero-order valence-electron chi connectivity index (χ0n) is 17.2. The number of carbonyl (C=O) groups is 1. The predicted octanol–water partition coefficient (Wildman–Crippen LogP) is 4.07. The summed E-state index contributed by atoms with van der Waals surface area (Å²) in [7, 11) is 0. The van der Waals surface area contributed by atoms with Crippen molar-refractivity contribution in [1.82, 2.24) is 14.9 Å². The average molecular weight is 441 g/mol. The number of halogens is 3. The topological polar surface area (TPSA) is 61.4 Å². The van der Waals surface area contributed by atoms with Crippen LogP contribution < -0.4 is 10.2 Å². The molecule has 0 bridgehead atoms. The van der Waals surface area contributed by atoms with Gasteiger partial charge in [0, 0.05) is 44.4 Å². The molecule has 0 aliphatic carbocycles. The smallest absolute Gasteiger partial charge is 0.354 e. The molecule has 1 aliphatic heterocycles. The zero-order chi connectivity index (χ0) is 22.6. The number of rotatable bonds is 5. The maximum Gasteiger partial charge on any atom is 0.416 e. The van der Waals surface area contributed by atoms with Gasteiger partial charge in [0.05, 0.1) is 5.56 Å². The Balaban J connectivity index is 1.35. The molecular weight excluding hydrogens is 419 g/mol. The van der Waals surface area contributed by atoms with Crippen LogP contribution in [-0.4, -0.2) is 47.0 Å². The van der Waals surface area contributed by atoms with Gasteiger partial charge in [-0.15, -0.1) is 0 Å². The molecule has 1 aromatic heterocycles. The number of hydrogen-bond acceptors (Lipinski definition) is 5. The van der Waals surface area contributed by atoms with Gasteiger partial charge >= 0.3 is 6.18 Å². The SMILES string of the molecule is O=C(Nc1cc(N2CCN(Cc3ccccc3)CC2)ncn1)c1ccc(C(F)(F)F)cc1. The highest BCUT2D eigenvalue weighted by Gasteiger charge is 2.30. The molecule has 2 heterocycles. The van der Waals surface area contributed by atoms with Crippen LogP contribution in [0.3, 0.4) is 0 Å². The molecule has 32 heavy (non-hydrogen) atoms. The van der Waals surface area contributed by atoms with Gasteiger partial charge in [-0.05, 0) is 29.8 Å². The third kappa shape index (κ3) is 5.42. The molecule has 2 aromatic carbocycles. The van der Waals surface area contributed by atoms with E-state index < -0.39 is 17.6 Å². The van der Waals surface area contributed by atoms with E-state index in [-0.39, 0.29) is 5.56 Å². The van der Waals surface area contributed by atoms with Crippen molar-refractivity contribution in [1.29, 1.82) is 0 Å². The zero-order valence-corrected chi connectivity index (χ0v) is 17.2. The molecule has 6 nitrogen and oxygen atoms in total. The normalized spacial score (nSPS) is 14.9. The molecule has 0 atom stereocenters. The Morgan fingerprint density at radius 3 is 2.28 bits per heavy atom. The standard InChI is InChI=1S/C23H22F3N5O/c24-23(25,26)19-8-6-18(7-9-19)22(32)29-20-14-21(28-16-27-20)31-12-10-30(11-13-31)15-17-4-2-1-3-5-17/h1-9,14,16H,10-13,15H2,(H,27,28,29,32). The predicted molar refractivity (Wildman–Crippen MR) is 115 cm³/mol. The number of nitrogens with one attached hydrogen (secondary N) is 1. The second-order valence-electron chi connectivity index (χ2n) is 7.54. The quantitative estimate of drug-likeness (QED) is 0.647. The fourth-order valence-corrected chi connectivity index (χ4v) is 3.56. The summed E-state index contributed by atoms with van der Waals surface area (Å²) in [5.41, 5.74) is 0.591. The molecule has 9 heteroatoms. The van der Waals surface area contributed by atoms with Gasteiger partial charge in [0.2, 0.25) is 0 Å². The Labute approximate surface area is 183 Å². The van der Waals surface area contributed by atoms with Crippen LogP contribution in [0.15, 0.2) is 67.0 Å². The first-order valence-corrected chi connectivity index (χ1v) is 10.2. The van der Waals surface area contributed by atoms with E-state index in [9.17, 15) is 18.0 Å². The highest BCUT2D eigenvalue weighted by Crippen LogP contribution is 2.29. The molecule has 1 aliphatic rings. The maximum absolute atomic E-state index is 12.7. The van der Waals surface area contributed by atoms with Gasteiger partial charge in [-0.2, -0.15) is 13.2 Å². The fourth-order valence-electron chi connectivity index (χ4n) is 3.56. The van der Waals surface area contributed by atoms with E-state index in [1.807, 2.05) is 18.2 Å². The minimum Gasteiger partial charge on any atom is -0.354 e. The van der Waals surface area contributed by atoms with Gasteiger partial charge in [-0.3, -0.25) is 9.69 Å². The van der Waals surface area contributed by atoms with E-state index >= 15 is 0 Å². The summed E-state index contributed by atoms with van der Waals surface area (Å²) in [4.78, 5) is 25.3. The summed E-state index contributed by atoms with van der Waals surface area (Å²) < 4.78 is 38.1. The lowest BCUT2D eigenvalue weighted by Crippen LogP contribution is -2.46. The molecule has 0 unspecified atom stereocenters. The number of aromatic nitrogens is 2. The summed E-state index contributed by atoms with van der Waals surface area (Å²) in [6.45, 7) is 4.23. The van der Waals surface area contributed by atoms with Crippen molar-refractivity contribution in [2.24, 2.45) is 0 Å². The van der Waals surface area contributed by atoms with Crippen LogP contribution in [0.5, 0.6) is 0 Å². The van der Waals surface area contributed by atoms with E-state index in [1.165, 1.54) is 11.9 Å². The summed E-state index contributed by atoms with van der Waals surface area (Å²) in [5.74, 6) is 0.463. The second kappa shape index (κ2) is 9.35. The van der Waals surface area contributed by atoms with Crippen molar-refractivity contribution in [2.75, 3.05) is 36.4 Å². The Morgan fingerprint density at radius 2 is 1.62 bits per heavy atom. The Hall–Kier alpha value is -3.46. The molecule has 0 saturated carbocycles. The number of nitrogens with zero attached hydrogens (tertiary/aromatic N) is 4. The number of anilines is 2. The molecule has 1 N–H and O–H groups in total. The molecule has 166 valence electrons. The number of hydrogen-bond donors (Lipinski definition) is 1. The molecule has 0 spiro atoms.